The predicted molar refractivity (Wildman–Crippen MR) is 119 cm³/mol. The molecule has 0 aliphatic heterocycles. The van der Waals surface area contributed by atoms with Crippen LogP contribution in [0.25, 0.3) is 11.1 Å². The summed E-state index contributed by atoms with van der Waals surface area (Å²) in [6.07, 6.45) is 0. The van der Waals surface area contributed by atoms with Gasteiger partial charge in [-0.2, -0.15) is 0 Å². The molecule has 24 heavy (non-hydrogen) atoms. The summed E-state index contributed by atoms with van der Waals surface area (Å²) in [4.78, 5) is 0. The second-order valence-corrected chi connectivity index (χ2v) is 7.75. The molecule has 0 aromatic heterocycles. The van der Waals surface area contributed by atoms with E-state index in [4.69, 9.17) is 6.13 Å². The van der Waals surface area contributed by atoms with Gasteiger partial charge < -0.3 is 6.13 Å². The van der Waals surface area contributed by atoms with Crippen molar-refractivity contribution in [3.8, 4) is 22.6 Å². The largest absolute Gasteiger partial charge is 0.427 e. The van der Waals surface area contributed by atoms with Gasteiger partial charge in [-0.1, -0.05) is 27.7 Å². The highest BCUT2D eigenvalue weighted by Crippen LogP contribution is 2.40. The molecule has 2 aromatic carbocycles. The Morgan fingerprint density at radius 2 is 1.00 bits per heavy atom. The lowest BCUT2D eigenvalue weighted by Crippen LogP contribution is -1.98. The minimum Gasteiger partial charge on any atom is -0.427 e. The molecule has 0 aliphatic carbocycles. The normalized spacial score (nSPS) is 11.2. The molecule has 2 nitrogen and oxygen atoms in total. The molecule has 0 fully saturated rings. The third kappa shape index (κ3) is 4.00. The van der Waals surface area contributed by atoms with Gasteiger partial charge in [0.15, 0.2) is 46.0 Å². The number of aryl methyl sites for hydroxylation is 2. The van der Waals surface area contributed by atoms with Gasteiger partial charge >= 0.3 is 0 Å². The number of hydrogen-bond acceptors (Lipinski definition) is 2. The van der Waals surface area contributed by atoms with E-state index in [2.05, 4.69) is 65.8 Å². The van der Waals surface area contributed by atoms with Crippen LogP contribution in [0.2, 0.25) is 0 Å². The summed E-state index contributed by atoms with van der Waals surface area (Å²) in [5.41, 5.74) is 7.49. The highest BCUT2D eigenvalue weighted by atomic mass is 127. The van der Waals surface area contributed by atoms with Crippen LogP contribution in [0.15, 0.2) is 24.3 Å². The van der Waals surface area contributed by atoms with E-state index in [1.165, 1.54) is 33.4 Å². The average molecular weight is 550 g/mol. The first-order valence-electron chi connectivity index (χ1n) is 8.16. The van der Waals surface area contributed by atoms with Gasteiger partial charge in [0.2, 0.25) is 0 Å². The van der Waals surface area contributed by atoms with E-state index in [0.29, 0.717) is 11.8 Å². The fraction of sp³-hybridized carbons (Fsp3) is 0.400. The maximum absolute atomic E-state index is 5.56. The molecule has 0 unspecified atom stereocenters. The molecule has 0 atom stereocenters. The zero-order valence-electron chi connectivity index (χ0n) is 15.0. The van der Waals surface area contributed by atoms with Crippen molar-refractivity contribution in [2.24, 2.45) is 0 Å². The van der Waals surface area contributed by atoms with Crippen molar-refractivity contribution in [1.82, 2.24) is 0 Å². The van der Waals surface area contributed by atoms with Crippen molar-refractivity contribution < 1.29 is 6.13 Å². The van der Waals surface area contributed by atoms with E-state index in [1.54, 1.807) is 0 Å². The minimum absolute atomic E-state index is 0.413. The van der Waals surface area contributed by atoms with Gasteiger partial charge in [0.25, 0.3) is 0 Å². The predicted octanol–water partition coefficient (Wildman–Crippen LogP) is 7.67. The molecule has 2 rings (SSSR count). The number of halogens is 2. The van der Waals surface area contributed by atoms with Gasteiger partial charge in [0.05, 0.1) is 0 Å². The summed E-state index contributed by atoms with van der Waals surface area (Å²) in [6.45, 7) is 13.1. The molecule has 2 aromatic rings. The molecule has 0 aliphatic rings. The Bertz CT molecular complexity index is 673. The van der Waals surface area contributed by atoms with Crippen molar-refractivity contribution in [3.05, 3.63) is 46.5 Å². The molecule has 0 radical (unpaired) electrons. The van der Waals surface area contributed by atoms with E-state index in [0.717, 1.165) is 11.5 Å². The first-order chi connectivity index (χ1) is 11.3. The highest BCUT2D eigenvalue weighted by molar-refractivity contribution is 14.1. The van der Waals surface area contributed by atoms with E-state index >= 15 is 0 Å². The van der Waals surface area contributed by atoms with E-state index in [9.17, 15) is 0 Å². The lowest BCUT2D eigenvalue weighted by molar-refractivity contribution is 0.682. The van der Waals surface area contributed by atoms with Crippen LogP contribution in [0.5, 0.6) is 11.5 Å². The Hall–Kier alpha value is -0.500. The van der Waals surface area contributed by atoms with Crippen LogP contribution in [0.4, 0.5) is 0 Å². The summed E-state index contributed by atoms with van der Waals surface area (Å²) >= 11 is 3.94. The van der Waals surface area contributed by atoms with Gasteiger partial charge in [-0.25, -0.2) is 0 Å². The monoisotopic (exact) mass is 550 g/mol. The maximum atomic E-state index is 5.56. The standard InChI is InChI=1S/C20H24I2O2/c1-11(2)15-9-17(13(5)7-19(15)23-21)18-10-16(12(3)4)20(24-22)8-14(18)6/h7-12H,1-6H3. The maximum Gasteiger partial charge on any atom is 0.192 e. The SMILES string of the molecule is Cc1cc(OI)c(C(C)C)cc1-c1cc(C(C)C)c(OI)cc1C. The lowest BCUT2D eigenvalue weighted by atomic mass is 9.88. The number of hydrogen-bond donors (Lipinski definition) is 0. The van der Waals surface area contributed by atoms with Gasteiger partial charge in [-0.15, -0.1) is 0 Å². The summed E-state index contributed by atoms with van der Waals surface area (Å²) in [7, 11) is 0. The van der Waals surface area contributed by atoms with Gasteiger partial charge in [0.1, 0.15) is 11.5 Å². The van der Waals surface area contributed by atoms with Crippen LogP contribution in [0.3, 0.4) is 0 Å². The van der Waals surface area contributed by atoms with Crippen LogP contribution in [-0.2, 0) is 0 Å². The molecule has 0 saturated heterocycles. The Labute approximate surface area is 173 Å². The fourth-order valence-electron chi connectivity index (χ4n) is 3.01. The molecule has 0 spiro atoms. The quantitative estimate of drug-likeness (QED) is 0.356. The first kappa shape index (κ1) is 19.8. The number of rotatable bonds is 5. The van der Waals surface area contributed by atoms with Crippen LogP contribution in [0, 0.1) is 13.8 Å². The summed E-state index contributed by atoms with van der Waals surface area (Å²) < 4.78 is 11.1. The Morgan fingerprint density at radius 1 is 0.667 bits per heavy atom. The highest BCUT2D eigenvalue weighted by Gasteiger charge is 2.17. The zero-order valence-corrected chi connectivity index (χ0v) is 19.4. The van der Waals surface area contributed by atoms with Crippen molar-refractivity contribution in [1.29, 1.82) is 0 Å². The molecular weight excluding hydrogens is 526 g/mol. The van der Waals surface area contributed by atoms with Crippen LogP contribution in [0.1, 0.15) is 61.8 Å². The Balaban J connectivity index is 2.72. The van der Waals surface area contributed by atoms with Gasteiger partial charge in [-0.05, 0) is 83.3 Å². The van der Waals surface area contributed by atoms with E-state index < -0.39 is 0 Å². The van der Waals surface area contributed by atoms with Crippen molar-refractivity contribution >= 4 is 46.0 Å². The summed E-state index contributed by atoms with van der Waals surface area (Å²) in [6, 6.07) is 8.86. The zero-order chi connectivity index (χ0) is 18.0. The van der Waals surface area contributed by atoms with Gasteiger partial charge in [0, 0.05) is 0 Å². The van der Waals surface area contributed by atoms with Gasteiger partial charge in [-0.3, -0.25) is 0 Å². The van der Waals surface area contributed by atoms with Crippen molar-refractivity contribution in [3.63, 3.8) is 0 Å². The molecule has 0 amide bonds. The number of benzene rings is 2. The Kier molecular flexibility index (Phi) is 6.82. The molecule has 0 heterocycles. The molecular formula is C20H24I2O2. The van der Waals surface area contributed by atoms with Crippen molar-refractivity contribution in [2.45, 2.75) is 53.4 Å². The third-order valence-corrected chi connectivity index (χ3v) is 5.36. The summed E-state index contributed by atoms with van der Waals surface area (Å²) in [5.74, 6) is 2.74. The van der Waals surface area contributed by atoms with Crippen molar-refractivity contribution in [2.75, 3.05) is 0 Å². The molecule has 0 bridgehead atoms. The third-order valence-electron chi connectivity index (χ3n) is 4.41. The lowest BCUT2D eigenvalue weighted by Gasteiger charge is -2.19. The average Bonchev–Trinajstić information content (AvgIpc) is 2.53. The molecule has 4 heteroatoms. The molecule has 130 valence electrons. The first-order valence-corrected chi connectivity index (χ1v) is 9.92. The topological polar surface area (TPSA) is 18.5 Å². The van der Waals surface area contributed by atoms with Crippen LogP contribution in [-0.4, -0.2) is 0 Å². The molecule has 0 N–H and O–H groups in total. The van der Waals surface area contributed by atoms with E-state index in [-0.39, 0.29) is 0 Å². The Morgan fingerprint density at radius 3 is 1.25 bits per heavy atom. The smallest absolute Gasteiger partial charge is 0.192 e. The summed E-state index contributed by atoms with van der Waals surface area (Å²) in [5, 5.41) is 0. The second kappa shape index (κ2) is 8.25. The van der Waals surface area contributed by atoms with Crippen LogP contribution >= 0.6 is 46.0 Å². The van der Waals surface area contributed by atoms with Crippen LogP contribution < -0.4 is 6.13 Å². The molecule has 0 saturated carbocycles. The van der Waals surface area contributed by atoms with E-state index in [1.807, 2.05) is 46.0 Å². The second-order valence-electron chi connectivity index (χ2n) is 6.87. The fourth-order valence-corrected chi connectivity index (χ4v) is 3.78. The minimum atomic E-state index is 0.413.